The molecule has 4 rings (SSSR count). The summed E-state index contributed by atoms with van der Waals surface area (Å²) in [4.78, 5) is 10.0. The number of hydrogen-bond donors (Lipinski definition) is 2. The number of pyridine rings is 2. The van der Waals surface area contributed by atoms with Gasteiger partial charge in [-0.25, -0.2) is 0 Å². The van der Waals surface area contributed by atoms with Gasteiger partial charge in [-0.3, -0.25) is 9.97 Å². The van der Waals surface area contributed by atoms with Crippen LogP contribution in [0, 0.1) is 0 Å². The molecule has 4 aromatic rings. The SMILES string of the molecule is CC(O)(CO)c1ccnc(-c2cccc3cc(Cc4ncccc4Cl)sc23)c1. The monoisotopic (exact) mass is 410 g/mol. The van der Waals surface area contributed by atoms with Crippen LogP contribution < -0.4 is 0 Å². The van der Waals surface area contributed by atoms with Crippen molar-refractivity contribution >= 4 is 33.0 Å². The van der Waals surface area contributed by atoms with E-state index in [9.17, 15) is 10.2 Å². The van der Waals surface area contributed by atoms with Crippen molar-refractivity contribution in [1.29, 1.82) is 0 Å². The van der Waals surface area contributed by atoms with E-state index in [0.717, 1.165) is 27.0 Å². The average molecular weight is 411 g/mol. The van der Waals surface area contributed by atoms with Crippen LogP contribution in [-0.4, -0.2) is 26.8 Å². The van der Waals surface area contributed by atoms with Crippen molar-refractivity contribution in [2.45, 2.75) is 18.9 Å². The molecule has 0 amide bonds. The molecule has 0 saturated heterocycles. The predicted octanol–water partition coefficient (Wildman–Crippen LogP) is 4.80. The topological polar surface area (TPSA) is 66.2 Å². The van der Waals surface area contributed by atoms with Crippen LogP contribution in [0.4, 0.5) is 0 Å². The molecule has 0 radical (unpaired) electrons. The molecule has 4 nitrogen and oxygen atoms in total. The van der Waals surface area contributed by atoms with Gasteiger partial charge in [0.05, 0.1) is 23.0 Å². The molecule has 6 heteroatoms. The summed E-state index contributed by atoms with van der Waals surface area (Å²) in [7, 11) is 0. The summed E-state index contributed by atoms with van der Waals surface area (Å²) < 4.78 is 1.12. The zero-order valence-corrected chi connectivity index (χ0v) is 16.8. The summed E-state index contributed by atoms with van der Waals surface area (Å²) in [5.74, 6) is 0. The molecule has 0 aliphatic carbocycles. The Labute approximate surface area is 172 Å². The highest BCUT2D eigenvalue weighted by atomic mass is 35.5. The number of aliphatic hydroxyl groups is 2. The van der Waals surface area contributed by atoms with Crippen molar-refractivity contribution in [3.05, 3.63) is 82.1 Å². The van der Waals surface area contributed by atoms with Gasteiger partial charge < -0.3 is 10.2 Å². The number of thiophene rings is 1. The fourth-order valence-corrected chi connectivity index (χ4v) is 4.50. The average Bonchev–Trinajstić information content (AvgIpc) is 3.12. The van der Waals surface area contributed by atoms with E-state index in [4.69, 9.17) is 11.6 Å². The van der Waals surface area contributed by atoms with Crippen LogP contribution in [0.15, 0.2) is 60.9 Å². The van der Waals surface area contributed by atoms with Crippen LogP contribution in [0.3, 0.4) is 0 Å². The molecular formula is C22H19ClN2O2S. The number of benzene rings is 1. The van der Waals surface area contributed by atoms with Crippen LogP contribution in [0.1, 0.15) is 23.1 Å². The molecule has 0 saturated carbocycles. The highest BCUT2D eigenvalue weighted by Crippen LogP contribution is 2.36. The number of fused-ring (bicyclic) bond motifs is 1. The Morgan fingerprint density at radius 3 is 2.71 bits per heavy atom. The zero-order chi connectivity index (χ0) is 19.7. The molecule has 142 valence electrons. The third-order valence-corrected chi connectivity index (χ3v) is 6.27. The van der Waals surface area contributed by atoms with Crippen molar-refractivity contribution < 1.29 is 10.2 Å². The smallest absolute Gasteiger partial charge is 0.110 e. The van der Waals surface area contributed by atoms with Crippen LogP contribution in [-0.2, 0) is 12.0 Å². The van der Waals surface area contributed by atoms with Gasteiger partial charge in [-0.05, 0) is 48.2 Å². The van der Waals surface area contributed by atoms with Crippen molar-refractivity contribution in [2.75, 3.05) is 6.61 Å². The second kappa shape index (κ2) is 7.60. The molecule has 0 spiro atoms. The molecule has 0 aliphatic heterocycles. The van der Waals surface area contributed by atoms with Gasteiger partial charge in [0.15, 0.2) is 0 Å². The molecule has 1 atom stereocenters. The highest BCUT2D eigenvalue weighted by Gasteiger charge is 2.23. The van der Waals surface area contributed by atoms with Gasteiger partial charge >= 0.3 is 0 Å². The molecule has 3 aromatic heterocycles. The van der Waals surface area contributed by atoms with Crippen LogP contribution in [0.2, 0.25) is 5.02 Å². The molecule has 28 heavy (non-hydrogen) atoms. The van der Waals surface area contributed by atoms with E-state index >= 15 is 0 Å². The third-order valence-electron chi connectivity index (χ3n) is 4.74. The number of rotatable bonds is 5. The van der Waals surface area contributed by atoms with Crippen LogP contribution in [0.25, 0.3) is 21.3 Å². The fraction of sp³-hybridized carbons (Fsp3) is 0.182. The van der Waals surface area contributed by atoms with Gasteiger partial charge in [0.2, 0.25) is 0 Å². The van der Waals surface area contributed by atoms with Gasteiger partial charge in [-0.2, -0.15) is 0 Å². The molecular weight excluding hydrogens is 392 g/mol. The van der Waals surface area contributed by atoms with Crippen molar-refractivity contribution in [2.24, 2.45) is 0 Å². The molecule has 3 heterocycles. The summed E-state index contributed by atoms with van der Waals surface area (Å²) in [5, 5.41) is 21.6. The first-order chi connectivity index (χ1) is 13.5. The zero-order valence-electron chi connectivity index (χ0n) is 15.3. The summed E-state index contributed by atoms with van der Waals surface area (Å²) in [6.07, 6.45) is 4.09. The van der Waals surface area contributed by atoms with Gasteiger partial charge in [0, 0.05) is 34.0 Å². The minimum atomic E-state index is -1.30. The first-order valence-electron chi connectivity index (χ1n) is 8.89. The number of halogens is 1. The third kappa shape index (κ3) is 3.66. The lowest BCUT2D eigenvalue weighted by atomic mass is 9.96. The Morgan fingerprint density at radius 2 is 1.93 bits per heavy atom. The second-order valence-corrected chi connectivity index (χ2v) is 8.45. The first kappa shape index (κ1) is 19.0. The van der Waals surface area contributed by atoms with Crippen molar-refractivity contribution in [1.82, 2.24) is 9.97 Å². The Kier molecular flexibility index (Phi) is 5.17. The Morgan fingerprint density at radius 1 is 1.07 bits per heavy atom. The van der Waals surface area contributed by atoms with Gasteiger partial charge in [0.1, 0.15) is 5.60 Å². The van der Waals surface area contributed by atoms with E-state index in [1.165, 1.54) is 4.88 Å². The summed E-state index contributed by atoms with van der Waals surface area (Å²) in [6.45, 7) is 1.24. The lowest BCUT2D eigenvalue weighted by Gasteiger charge is -2.21. The number of aromatic nitrogens is 2. The van der Waals surface area contributed by atoms with Gasteiger partial charge in [0.25, 0.3) is 0 Å². The van der Waals surface area contributed by atoms with Gasteiger partial charge in [-0.15, -0.1) is 11.3 Å². The number of nitrogens with zero attached hydrogens (tertiary/aromatic N) is 2. The van der Waals surface area contributed by atoms with Crippen molar-refractivity contribution in [3.8, 4) is 11.3 Å². The maximum atomic E-state index is 10.4. The largest absolute Gasteiger partial charge is 0.393 e. The van der Waals surface area contributed by atoms with E-state index < -0.39 is 5.60 Å². The molecule has 0 fully saturated rings. The minimum absolute atomic E-state index is 0.353. The molecule has 0 bridgehead atoms. The van der Waals surface area contributed by atoms with E-state index in [0.29, 0.717) is 17.0 Å². The lowest BCUT2D eigenvalue weighted by molar-refractivity contribution is -0.00230. The van der Waals surface area contributed by atoms with E-state index in [-0.39, 0.29) is 6.61 Å². The minimum Gasteiger partial charge on any atom is -0.393 e. The standard InChI is InChI=1S/C22H19ClN2O2S/c1-22(27,13-26)15-7-9-25-19(11-15)17-5-2-4-14-10-16(28-21(14)17)12-20-18(23)6-3-8-24-20/h2-11,26-27H,12-13H2,1H3. The Bertz CT molecular complexity index is 1140. The van der Waals surface area contributed by atoms with Crippen molar-refractivity contribution in [3.63, 3.8) is 0 Å². The molecule has 0 aliphatic rings. The molecule has 1 unspecified atom stereocenters. The highest BCUT2D eigenvalue weighted by molar-refractivity contribution is 7.19. The predicted molar refractivity (Wildman–Crippen MR) is 114 cm³/mol. The summed E-state index contributed by atoms with van der Waals surface area (Å²) in [6, 6.07) is 15.5. The first-order valence-corrected chi connectivity index (χ1v) is 10.1. The fourth-order valence-electron chi connectivity index (χ4n) is 3.12. The van der Waals surface area contributed by atoms with Gasteiger partial charge in [-0.1, -0.05) is 29.8 Å². The second-order valence-electron chi connectivity index (χ2n) is 6.91. The Balaban J connectivity index is 1.76. The maximum absolute atomic E-state index is 10.4. The summed E-state index contributed by atoms with van der Waals surface area (Å²) >= 11 is 7.95. The lowest BCUT2D eigenvalue weighted by Crippen LogP contribution is -2.25. The maximum Gasteiger partial charge on any atom is 0.110 e. The molecule has 1 aromatic carbocycles. The molecule has 2 N–H and O–H groups in total. The normalized spacial score (nSPS) is 13.6. The van der Waals surface area contributed by atoms with Crippen LogP contribution >= 0.6 is 22.9 Å². The van der Waals surface area contributed by atoms with E-state index in [1.807, 2.05) is 30.3 Å². The van der Waals surface area contributed by atoms with E-state index in [2.05, 4.69) is 22.1 Å². The number of aliphatic hydroxyl groups excluding tert-OH is 1. The summed E-state index contributed by atoms with van der Waals surface area (Å²) in [5.41, 5.74) is 1.95. The quantitative estimate of drug-likeness (QED) is 0.495. The van der Waals surface area contributed by atoms with E-state index in [1.54, 1.807) is 36.7 Å². The Hall–Kier alpha value is -2.31. The van der Waals surface area contributed by atoms with Crippen LogP contribution in [0.5, 0.6) is 0 Å². The number of hydrogen-bond acceptors (Lipinski definition) is 5.